The molecule has 3 heterocycles. The van der Waals surface area contributed by atoms with E-state index in [1.165, 1.54) is 6.33 Å². The van der Waals surface area contributed by atoms with Crippen molar-refractivity contribution in [2.24, 2.45) is 0 Å². The first-order chi connectivity index (χ1) is 15.6. The van der Waals surface area contributed by atoms with Gasteiger partial charge in [0.1, 0.15) is 12.1 Å². The van der Waals surface area contributed by atoms with Gasteiger partial charge in [0.15, 0.2) is 11.5 Å². The molecule has 0 aliphatic rings. The number of amides is 1. The normalized spacial score (nSPS) is 11.1. The van der Waals surface area contributed by atoms with Crippen LogP contribution in [0.5, 0.6) is 0 Å². The number of carbonyl (C=O) groups excluding carboxylic acids is 1. The Morgan fingerprint density at radius 3 is 2.62 bits per heavy atom. The molecule has 0 spiro atoms. The SMILES string of the molecule is Cc1cccc(CC(=O)Nc2cc(C)nn2-c2ncnc3c2cnn3-c2ccccc2)c1. The van der Waals surface area contributed by atoms with Crippen LogP contribution in [0.25, 0.3) is 22.5 Å². The van der Waals surface area contributed by atoms with Gasteiger partial charge in [0.2, 0.25) is 5.91 Å². The number of nitrogens with one attached hydrogen (secondary N) is 1. The summed E-state index contributed by atoms with van der Waals surface area (Å²) < 4.78 is 3.39. The molecule has 5 aromatic rings. The smallest absolute Gasteiger partial charge is 0.229 e. The lowest BCUT2D eigenvalue weighted by Crippen LogP contribution is -2.17. The lowest BCUT2D eigenvalue weighted by molar-refractivity contribution is -0.115. The van der Waals surface area contributed by atoms with Crippen molar-refractivity contribution in [3.8, 4) is 11.5 Å². The van der Waals surface area contributed by atoms with E-state index in [4.69, 9.17) is 0 Å². The quantitative estimate of drug-likeness (QED) is 0.464. The van der Waals surface area contributed by atoms with Crippen molar-refractivity contribution in [1.82, 2.24) is 29.5 Å². The number of fused-ring (bicyclic) bond motifs is 1. The summed E-state index contributed by atoms with van der Waals surface area (Å²) in [6.07, 6.45) is 3.47. The van der Waals surface area contributed by atoms with Crippen LogP contribution in [0.2, 0.25) is 0 Å². The number of aromatic nitrogens is 6. The van der Waals surface area contributed by atoms with Crippen LogP contribution in [0.1, 0.15) is 16.8 Å². The molecule has 0 bridgehead atoms. The van der Waals surface area contributed by atoms with Gasteiger partial charge in [0, 0.05) is 6.07 Å². The first-order valence-corrected chi connectivity index (χ1v) is 10.2. The maximum atomic E-state index is 12.7. The summed E-state index contributed by atoms with van der Waals surface area (Å²) in [5, 5.41) is 12.8. The van der Waals surface area contributed by atoms with Gasteiger partial charge >= 0.3 is 0 Å². The van der Waals surface area contributed by atoms with Gasteiger partial charge in [-0.05, 0) is 31.5 Å². The minimum Gasteiger partial charge on any atom is -0.310 e. The van der Waals surface area contributed by atoms with E-state index in [0.29, 0.717) is 17.3 Å². The molecule has 158 valence electrons. The second-order valence-corrected chi connectivity index (χ2v) is 7.62. The van der Waals surface area contributed by atoms with Crippen molar-refractivity contribution in [1.29, 1.82) is 0 Å². The standard InChI is InChI=1S/C24H21N7O/c1-16-7-6-8-18(11-16)13-22(32)28-21-12-17(2)29-31(21)24-20-14-27-30(23(20)25-15-26-24)19-9-4-3-5-10-19/h3-12,14-15H,13H2,1-2H3,(H,28,32). The second-order valence-electron chi connectivity index (χ2n) is 7.62. The van der Waals surface area contributed by atoms with Gasteiger partial charge in [-0.3, -0.25) is 4.79 Å². The Bertz CT molecular complexity index is 1420. The third kappa shape index (κ3) is 3.74. The predicted molar refractivity (Wildman–Crippen MR) is 122 cm³/mol. The van der Waals surface area contributed by atoms with Gasteiger partial charge < -0.3 is 5.32 Å². The average molecular weight is 423 g/mol. The van der Waals surface area contributed by atoms with Crippen LogP contribution < -0.4 is 5.32 Å². The molecule has 0 aliphatic heterocycles. The third-order valence-corrected chi connectivity index (χ3v) is 5.09. The molecule has 0 radical (unpaired) electrons. The Kier molecular flexibility index (Phi) is 4.95. The maximum absolute atomic E-state index is 12.7. The van der Waals surface area contributed by atoms with Crippen molar-refractivity contribution in [3.63, 3.8) is 0 Å². The van der Waals surface area contributed by atoms with E-state index >= 15 is 0 Å². The minimum absolute atomic E-state index is 0.123. The molecule has 3 aromatic heterocycles. The highest BCUT2D eigenvalue weighted by Crippen LogP contribution is 2.24. The molecule has 32 heavy (non-hydrogen) atoms. The van der Waals surface area contributed by atoms with E-state index in [0.717, 1.165) is 27.9 Å². The highest BCUT2D eigenvalue weighted by atomic mass is 16.1. The van der Waals surface area contributed by atoms with E-state index in [9.17, 15) is 4.79 Å². The van der Waals surface area contributed by atoms with Crippen LogP contribution in [0, 0.1) is 13.8 Å². The molecule has 5 rings (SSSR count). The Hall–Kier alpha value is -4.33. The zero-order valence-electron chi connectivity index (χ0n) is 17.7. The van der Waals surface area contributed by atoms with Crippen LogP contribution in [0.4, 0.5) is 5.82 Å². The topological polar surface area (TPSA) is 90.5 Å². The Labute approximate surface area is 184 Å². The van der Waals surface area contributed by atoms with Crippen LogP contribution in [0.15, 0.2) is 73.2 Å². The lowest BCUT2D eigenvalue weighted by atomic mass is 10.1. The number of para-hydroxylation sites is 1. The highest BCUT2D eigenvalue weighted by Gasteiger charge is 2.17. The van der Waals surface area contributed by atoms with Crippen molar-refractivity contribution >= 4 is 22.8 Å². The van der Waals surface area contributed by atoms with Crippen LogP contribution in [-0.2, 0) is 11.2 Å². The third-order valence-electron chi connectivity index (χ3n) is 5.09. The summed E-state index contributed by atoms with van der Waals surface area (Å²) in [5.74, 6) is 0.978. The predicted octanol–water partition coefficient (Wildman–Crippen LogP) is 3.80. The molecule has 0 aliphatic carbocycles. The zero-order valence-corrected chi connectivity index (χ0v) is 17.7. The number of aryl methyl sites for hydroxylation is 2. The summed E-state index contributed by atoms with van der Waals surface area (Å²) in [6.45, 7) is 3.88. The van der Waals surface area contributed by atoms with Gasteiger partial charge in [-0.2, -0.15) is 14.9 Å². The summed E-state index contributed by atoms with van der Waals surface area (Å²) >= 11 is 0. The maximum Gasteiger partial charge on any atom is 0.229 e. The van der Waals surface area contributed by atoms with Crippen LogP contribution in [-0.4, -0.2) is 35.4 Å². The van der Waals surface area contributed by atoms with Gasteiger partial charge in [-0.15, -0.1) is 0 Å². The second kappa shape index (κ2) is 8.07. The van der Waals surface area contributed by atoms with Crippen molar-refractivity contribution in [3.05, 3.63) is 90.0 Å². The molecule has 1 N–H and O–H groups in total. The van der Waals surface area contributed by atoms with E-state index in [2.05, 4.69) is 25.5 Å². The first-order valence-electron chi connectivity index (χ1n) is 10.2. The molecule has 0 atom stereocenters. The minimum atomic E-state index is -0.123. The fourth-order valence-corrected chi connectivity index (χ4v) is 3.70. The molecule has 0 saturated heterocycles. The number of anilines is 1. The van der Waals surface area contributed by atoms with E-state index in [1.54, 1.807) is 15.6 Å². The number of hydrogen-bond acceptors (Lipinski definition) is 5. The van der Waals surface area contributed by atoms with E-state index in [1.807, 2.05) is 74.5 Å². The molecular formula is C24H21N7O. The summed E-state index contributed by atoms with van der Waals surface area (Å²) in [7, 11) is 0. The summed E-state index contributed by atoms with van der Waals surface area (Å²) in [5.41, 5.74) is 4.40. The van der Waals surface area contributed by atoms with Gasteiger partial charge in [0.25, 0.3) is 0 Å². The van der Waals surface area contributed by atoms with E-state index < -0.39 is 0 Å². The van der Waals surface area contributed by atoms with Crippen molar-refractivity contribution < 1.29 is 4.79 Å². The zero-order chi connectivity index (χ0) is 22.1. The number of rotatable bonds is 5. The molecule has 0 saturated carbocycles. The van der Waals surface area contributed by atoms with Crippen LogP contribution >= 0.6 is 0 Å². The van der Waals surface area contributed by atoms with Gasteiger partial charge in [-0.1, -0.05) is 48.0 Å². The van der Waals surface area contributed by atoms with Crippen molar-refractivity contribution in [2.45, 2.75) is 20.3 Å². The fourth-order valence-electron chi connectivity index (χ4n) is 3.70. The lowest BCUT2D eigenvalue weighted by Gasteiger charge is -2.09. The number of carbonyl (C=O) groups is 1. The van der Waals surface area contributed by atoms with Gasteiger partial charge in [-0.25, -0.2) is 14.6 Å². The molecule has 0 fully saturated rings. The molecule has 2 aromatic carbocycles. The number of benzene rings is 2. The average Bonchev–Trinajstić information content (AvgIpc) is 3.37. The number of hydrogen-bond donors (Lipinski definition) is 1. The van der Waals surface area contributed by atoms with E-state index in [-0.39, 0.29) is 12.3 Å². The highest BCUT2D eigenvalue weighted by molar-refractivity contribution is 5.92. The Morgan fingerprint density at radius 1 is 0.969 bits per heavy atom. The Balaban J connectivity index is 1.50. The van der Waals surface area contributed by atoms with Gasteiger partial charge in [0.05, 0.1) is 29.4 Å². The summed E-state index contributed by atoms with van der Waals surface area (Å²) in [6, 6.07) is 19.5. The number of nitrogens with zero attached hydrogens (tertiary/aromatic N) is 6. The summed E-state index contributed by atoms with van der Waals surface area (Å²) in [4.78, 5) is 21.6. The van der Waals surface area contributed by atoms with Crippen molar-refractivity contribution in [2.75, 3.05) is 5.32 Å². The molecule has 1 amide bonds. The van der Waals surface area contributed by atoms with Crippen LogP contribution in [0.3, 0.4) is 0 Å². The largest absolute Gasteiger partial charge is 0.310 e. The monoisotopic (exact) mass is 423 g/mol. The first kappa shape index (κ1) is 19.6. The molecular weight excluding hydrogens is 402 g/mol. The Morgan fingerprint density at radius 2 is 1.81 bits per heavy atom. The fraction of sp³-hybridized carbons (Fsp3) is 0.125. The molecule has 8 heteroatoms. The molecule has 8 nitrogen and oxygen atoms in total. The molecule has 0 unspecified atom stereocenters.